The minimum Gasteiger partial charge on any atom is -0.459 e. The molecule has 3 heterocycles. The van der Waals surface area contributed by atoms with Crippen LogP contribution in [0.2, 0.25) is 0 Å². The van der Waals surface area contributed by atoms with Gasteiger partial charge in [0.25, 0.3) is 5.91 Å². The molecule has 1 amide bonds. The van der Waals surface area contributed by atoms with Gasteiger partial charge in [-0.15, -0.1) is 0 Å². The normalized spacial score (nSPS) is 29.5. The molecule has 3 rings (SSSR count). The summed E-state index contributed by atoms with van der Waals surface area (Å²) in [6.07, 6.45) is 1.55. The van der Waals surface area contributed by atoms with Crippen molar-refractivity contribution < 1.29 is 9.21 Å². The van der Waals surface area contributed by atoms with Gasteiger partial charge in [0.15, 0.2) is 5.76 Å². The Morgan fingerprint density at radius 2 is 2.13 bits per heavy atom. The molecule has 2 atom stereocenters. The van der Waals surface area contributed by atoms with Crippen molar-refractivity contribution in [3.63, 3.8) is 0 Å². The Hall–Kier alpha value is -1.29. The number of nitrogens with zero attached hydrogens (tertiary/aromatic N) is 1. The number of likely N-dealkylation sites (tertiary alicyclic amines) is 1. The van der Waals surface area contributed by atoms with Gasteiger partial charge in [-0.2, -0.15) is 0 Å². The van der Waals surface area contributed by atoms with Gasteiger partial charge in [0.1, 0.15) is 0 Å². The summed E-state index contributed by atoms with van der Waals surface area (Å²) in [7, 11) is 0. The molecule has 2 aliphatic rings. The third-order valence-electron chi connectivity index (χ3n) is 3.41. The van der Waals surface area contributed by atoms with E-state index in [4.69, 9.17) is 4.42 Å². The largest absolute Gasteiger partial charge is 0.459 e. The van der Waals surface area contributed by atoms with Crippen LogP contribution in [0.4, 0.5) is 0 Å². The first-order valence-electron chi connectivity index (χ1n) is 5.38. The van der Waals surface area contributed by atoms with Gasteiger partial charge < -0.3 is 14.6 Å². The van der Waals surface area contributed by atoms with Crippen molar-refractivity contribution in [2.75, 3.05) is 26.2 Å². The van der Waals surface area contributed by atoms with Gasteiger partial charge in [-0.3, -0.25) is 4.79 Å². The topological polar surface area (TPSA) is 45.5 Å². The van der Waals surface area contributed by atoms with E-state index in [-0.39, 0.29) is 5.91 Å². The Morgan fingerprint density at radius 3 is 2.73 bits per heavy atom. The van der Waals surface area contributed by atoms with Crippen molar-refractivity contribution in [1.29, 1.82) is 0 Å². The van der Waals surface area contributed by atoms with Crippen LogP contribution >= 0.6 is 0 Å². The summed E-state index contributed by atoms with van der Waals surface area (Å²) in [6, 6.07) is 3.49. The summed E-state index contributed by atoms with van der Waals surface area (Å²) < 4.78 is 5.12. The maximum Gasteiger partial charge on any atom is 0.289 e. The minimum absolute atomic E-state index is 0.0365. The van der Waals surface area contributed by atoms with Gasteiger partial charge in [0, 0.05) is 26.2 Å². The molecule has 80 valence electrons. The standard InChI is InChI=1S/C11H14N2O2/c14-11(10-2-1-3-15-10)13-6-8-4-12-5-9(8)7-13/h1-3,8-9,12H,4-7H2/t8-,9+. The summed E-state index contributed by atoms with van der Waals surface area (Å²) in [5, 5.41) is 3.36. The Bertz CT molecular complexity index is 349. The molecule has 0 aromatic carbocycles. The van der Waals surface area contributed by atoms with E-state index in [9.17, 15) is 4.79 Å². The van der Waals surface area contributed by atoms with Crippen LogP contribution in [0, 0.1) is 11.8 Å². The smallest absolute Gasteiger partial charge is 0.289 e. The Morgan fingerprint density at radius 1 is 1.40 bits per heavy atom. The maximum absolute atomic E-state index is 12.0. The molecule has 0 unspecified atom stereocenters. The lowest BCUT2D eigenvalue weighted by atomic mass is 10.0. The third kappa shape index (κ3) is 1.45. The van der Waals surface area contributed by atoms with E-state index >= 15 is 0 Å². The quantitative estimate of drug-likeness (QED) is 0.730. The lowest BCUT2D eigenvalue weighted by molar-refractivity contribution is 0.0750. The predicted molar refractivity (Wildman–Crippen MR) is 54.5 cm³/mol. The van der Waals surface area contributed by atoms with Crippen LogP contribution in [-0.2, 0) is 0 Å². The van der Waals surface area contributed by atoms with Crippen molar-refractivity contribution in [3.8, 4) is 0 Å². The summed E-state index contributed by atoms with van der Waals surface area (Å²) in [5.41, 5.74) is 0. The van der Waals surface area contributed by atoms with Crippen molar-refractivity contribution in [1.82, 2.24) is 10.2 Å². The lowest BCUT2D eigenvalue weighted by Crippen LogP contribution is -2.31. The highest BCUT2D eigenvalue weighted by Crippen LogP contribution is 2.27. The number of nitrogens with one attached hydrogen (secondary N) is 1. The lowest BCUT2D eigenvalue weighted by Gasteiger charge is -2.15. The van der Waals surface area contributed by atoms with Crippen LogP contribution in [0.3, 0.4) is 0 Å². The van der Waals surface area contributed by atoms with E-state index in [1.165, 1.54) is 0 Å². The molecule has 0 radical (unpaired) electrons. The minimum atomic E-state index is 0.0365. The number of amides is 1. The van der Waals surface area contributed by atoms with Gasteiger partial charge in [-0.25, -0.2) is 0 Å². The second-order valence-electron chi connectivity index (χ2n) is 4.37. The third-order valence-corrected chi connectivity index (χ3v) is 3.41. The summed E-state index contributed by atoms with van der Waals surface area (Å²) in [6.45, 7) is 3.84. The van der Waals surface area contributed by atoms with Crippen LogP contribution < -0.4 is 5.32 Å². The monoisotopic (exact) mass is 206 g/mol. The molecule has 1 aromatic heterocycles. The van der Waals surface area contributed by atoms with Gasteiger partial charge >= 0.3 is 0 Å². The fourth-order valence-electron chi connectivity index (χ4n) is 2.58. The van der Waals surface area contributed by atoms with Gasteiger partial charge in [0.05, 0.1) is 6.26 Å². The molecule has 0 bridgehead atoms. The Labute approximate surface area is 88.2 Å². The highest BCUT2D eigenvalue weighted by Gasteiger charge is 2.38. The SMILES string of the molecule is O=C(c1ccco1)N1C[C@H]2CNC[C@H]2C1. The first-order chi connectivity index (χ1) is 7.34. The molecule has 1 aromatic rings. The number of furan rings is 1. The zero-order chi connectivity index (χ0) is 10.3. The zero-order valence-electron chi connectivity index (χ0n) is 8.48. The molecule has 4 nitrogen and oxygen atoms in total. The molecule has 0 spiro atoms. The molecule has 4 heteroatoms. The molecule has 0 aliphatic carbocycles. The van der Waals surface area contributed by atoms with E-state index in [2.05, 4.69) is 5.32 Å². The molecular weight excluding hydrogens is 192 g/mol. The van der Waals surface area contributed by atoms with Crippen LogP contribution in [0.15, 0.2) is 22.8 Å². The molecule has 2 aliphatic heterocycles. The van der Waals surface area contributed by atoms with Crippen LogP contribution in [0.25, 0.3) is 0 Å². The van der Waals surface area contributed by atoms with Gasteiger partial charge in [-0.1, -0.05) is 0 Å². The van der Waals surface area contributed by atoms with Gasteiger partial charge in [0.2, 0.25) is 0 Å². The number of hydrogen-bond donors (Lipinski definition) is 1. The van der Waals surface area contributed by atoms with Crippen LogP contribution in [0.5, 0.6) is 0 Å². The number of hydrogen-bond acceptors (Lipinski definition) is 3. The molecule has 2 saturated heterocycles. The average molecular weight is 206 g/mol. The highest BCUT2D eigenvalue weighted by molar-refractivity contribution is 5.91. The van der Waals surface area contributed by atoms with E-state index < -0.39 is 0 Å². The van der Waals surface area contributed by atoms with Crippen molar-refractivity contribution in [2.24, 2.45) is 11.8 Å². The fourth-order valence-corrected chi connectivity index (χ4v) is 2.58. The Kier molecular flexibility index (Phi) is 2.02. The van der Waals surface area contributed by atoms with E-state index in [1.54, 1.807) is 18.4 Å². The second-order valence-corrected chi connectivity index (χ2v) is 4.37. The van der Waals surface area contributed by atoms with Crippen molar-refractivity contribution in [3.05, 3.63) is 24.2 Å². The second kappa shape index (κ2) is 3.38. The summed E-state index contributed by atoms with van der Waals surface area (Å²) in [5.74, 6) is 1.78. The van der Waals surface area contributed by atoms with E-state index in [0.29, 0.717) is 17.6 Å². The molecule has 2 fully saturated rings. The van der Waals surface area contributed by atoms with E-state index in [0.717, 1.165) is 26.2 Å². The molecule has 1 N–H and O–H groups in total. The summed E-state index contributed by atoms with van der Waals surface area (Å²) in [4.78, 5) is 13.9. The number of rotatable bonds is 1. The maximum atomic E-state index is 12.0. The molecule has 15 heavy (non-hydrogen) atoms. The zero-order valence-corrected chi connectivity index (χ0v) is 8.48. The van der Waals surface area contributed by atoms with Crippen molar-refractivity contribution in [2.45, 2.75) is 0 Å². The predicted octanol–water partition coefficient (Wildman–Crippen LogP) is 0.571. The molecule has 0 saturated carbocycles. The number of fused-ring (bicyclic) bond motifs is 1. The highest BCUT2D eigenvalue weighted by atomic mass is 16.3. The van der Waals surface area contributed by atoms with Crippen LogP contribution in [0.1, 0.15) is 10.6 Å². The number of carbonyl (C=O) groups excluding carboxylic acids is 1. The molecular formula is C11H14N2O2. The van der Waals surface area contributed by atoms with E-state index in [1.807, 2.05) is 4.90 Å². The Balaban J connectivity index is 1.72. The first-order valence-corrected chi connectivity index (χ1v) is 5.38. The fraction of sp³-hybridized carbons (Fsp3) is 0.545. The summed E-state index contributed by atoms with van der Waals surface area (Å²) >= 11 is 0. The number of carbonyl (C=O) groups is 1. The van der Waals surface area contributed by atoms with Gasteiger partial charge in [-0.05, 0) is 24.0 Å². The first kappa shape index (κ1) is 8.97. The van der Waals surface area contributed by atoms with Crippen LogP contribution in [-0.4, -0.2) is 37.0 Å². The van der Waals surface area contributed by atoms with Crippen molar-refractivity contribution >= 4 is 5.91 Å². The average Bonchev–Trinajstić information content (AvgIpc) is 2.92.